The van der Waals surface area contributed by atoms with Gasteiger partial charge in [-0.2, -0.15) is 0 Å². The molecule has 0 aliphatic carbocycles. The lowest BCUT2D eigenvalue weighted by atomic mass is 9.84. The average Bonchev–Trinajstić information content (AvgIpc) is 2.43. The van der Waals surface area contributed by atoms with E-state index in [4.69, 9.17) is 5.73 Å². The summed E-state index contributed by atoms with van der Waals surface area (Å²) in [5.41, 5.74) is 6.25. The highest BCUT2D eigenvalue weighted by Crippen LogP contribution is 2.27. The molecule has 3 unspecified atom stereocenters. The molecular weight excluding hydrogens is 212 g/mol. The van der Waals surface area contributed by atoms with Crippen molar-refractivity contribution in [3.63, 3.8) is 0 Å². The van der Waals surface area contributed by atoms with Crippen LogP contribution in [0.2, 0.25) is 0 Å². The monoisotopic (exact) mass is 240 g/mol. The zero-order chi connectivity index (χ0) is 13.2. The Bertz CT molecular complexity index is 260. The van der Waals surface area contributed by atoms with Gasteiger partial charge in [-0.25, -0.2) is 0 Å². The number of nitrogens with two attached hydrogens (primary N) is 1. The van der Waals surface area contributed by atoms with Crippen molar-refractivity contribution in [2.45, 2.75) is 53.5 Å². The minimum atomic E-state index is 0.164. The van der Waals surface area contributed by atoms with E-state index in [-0.39, 0.29) is 11.9 Å². The lowest BCUT2D eigenvalue weighted by Gasteiger charge is -2.24. The van der Waals surface area contributed by atoms with Crippen LogP contribution < -0.4 is 5.73 Å². The molecule has 1 aliphatic heterocycles. The van der Waals surface area contributed by atoms with Gasteiger partial charge in [-0.05, 0) is 23.7 Å². The van der Waals surface area contributed by atoms with Crippen LogP contribution >= 0.6 is 0 Å². The van der Waals surface area contributed by atoms with Gasteiger partial charge in [-0.15, -0.1) is 0 Å². The predicted octanol–water partition coefficient (Wildman–Crippen LogP) is 2.25. The number of nitrogens with zero attached hydrogens (tertiary/aromatic N) is 1. The zero-order valence-electron chi connectivity index (χ0n) is 12.0. The van der Waals surface area contributed by atoms with Crippen LogP contribution in [0, 0.1) is 17.3 Å². The van der Waals surface area contributed by atoms with Crippen LogP contribution in [-0.4, -0.2) is 29.9 Å². The molecule has 17 heavy (non-hydrogen) atoms. The summed E-state index contributed by atoms with van der Waals surface area (Å²) in [5.74, 6) is 1.17. The molecule has 0 radical (unpaired) electrons. The van der Waals surface area contributed by atoms with Crippen molar-refractivity contribution >= 4 is 5.91 Å². The lowest BCUT2D eigenvalue weighted by Crippen LogP contribution is -2.33. The highest BCUT2D eigenvalue weighted by Gasteiger charge is 2.30. The van der Waals surface area contributed by atoms with Gasteiger partial charge < -0.3 is 10.6 Å². The molecule has 0 aromatic heterocycles. The number of carbonyl (C=O) groups excluding carboxylic acids is 1. The van der Waals surface area contributed by atoms with Crippen LogP contribution in [0.1, 0.15) is 47.5 Å². The molecule has 0 saturated carbocycles. The van der Waals surface area contributed by atoms with E-state index in [9.17, 15) is 4.79 Å². The number of likely N-dealkylation sites (tertiary alicyclic amines) is 1. The Kier molecular flexibility index (Phi) is 4.59. The maximum Gasteiger partial charge on any atom is 0.222 e. The molecule has 3 nitrogen and oxygen atoms in total. The zero-order valence-corrected chi connectivity index (χ0v) is 12.0. The van der Waals surface area contributed by atoms with Crippen LogP contribution in [0.5, 0.6) is 0 Å². The van der Waals surface area contributed by atoms with Crippen LogP contribution in [0.25, 0.3) is 0 Å². The first-order valence-electron chi connectivity index (χ1n) is 6.72. The molecule has 1 saturated heterocycles. The van der Waals surface area contributed by atoms with E-state index >= 15 is 0 Å². The summed E-state index contributed by atoms with van der Waals surface area (Å²) >= 11 is 0. The second-order valence-corrected chi connectivity index (χ2v) is 7.01. The molecule has 1 amide bonds. The van der Waals surface area contributed by atoms with Gasteiger partial charge in [0, 0.05) is 25.6 Å². The molecule has 0 spiro atoms. The first-order chi connectivity index (χ1) is 7.69. The van der Waals surface area contributed by atoms with E-state index in [0.717, 1.165) is 19.5 Å². The molecule has 3 heteroatoms. The summed E-state index contributed by atoms with van der Waals surface area (Å²) < 4.78 is 0. The van der Waals surface area contributed by atoms with Crippen molar-refractivity contribution in [1.82, 2.24) is 4.90 Å². The summed E-state index contributed by atoms with van der Waals surface area (Å²) in [5, 5.41) is 0. The summed E-state index contributed by atoms with van der Waals surface area (Å²) in [7, 11) is 0. The average molecular weight is 240 g/mol. The SMILES string of the molecule is CC(CC(=O)N1CC(C)C(N)C1)CC(C)(C)C. The van der Waals surface area contributed by atoms with E-state index in [1.807, 2.05) is 4.90 Å². The van der Waals surface area contributed by atoms with Crippen LogP contribution in [0.15, 0.2) is 0 Å². The van der Waals surface area contributed by atoms with Crippen molar-refractivity contribution in [1.29, 1.82) is 0 Å². The predicted molar refractivity (Wildman–Crippen MR) is 71.6 cm³/mol. The Morgan fingerprint density at radius 2 is 2.00 bits per heavy atom. The Morgan fingerprint density at radius 1 is 1.41 bits per heavy atom. The van der Waals surface area contributed by atoms with Gasteiger partial charge in [0.1, 0.15) is 0 Å². The normalized spacial score (nSPS) is 27.3. The molecule has 1 heterocycles. The second kappa shape index (κ2) is 5.38. The minimum absolute atomic E-state index is 0.164. The Balaban J connectivity index is 2.40. The van der Waals surface area contributed by atoms with E-state index < -0.39 is 0 Å². The Hall–Kier alpha value is -0.570. The van der Waals surface area contributed by atoms with Crippen LogP contribution in [0.4, 0.5) is 0 Å². The fraction of sp³-hybridized carbons (Fsp3) is 0.929. The molecule has 0 aromatic rings. The fourth-order valence-electron chi connectivity index (χ4n) is 2.74. The summed E-state index contributed by atoms with van der Waals surface area (Å²) in [6, 6.07) is 0.164. The summed E-state index contributed by atoms with van der Waals surface area (Å²) in [6.45, 7) is 12.5. The smallest absolute Gasteiger partial charge is 0.222 e. The summed E-state index contributed by atoms with van der Waals surface area (Å²) in [6.07, 6.45) is 1.75. The number of hydrogen-bond acceptors (Lipinski definition) is 2. The van der Waals surface area contributed by atoms with Gasteiger partial charge in [-0.1, -0.05) is 34.6 Å². The van der Waals surface area contributed by atoms with Gasteiger partial charge in [0.25, 0.3) is 0 Å². The number of rotatable bonds is 3. The molecule has 0 bridgehead atoms. The Labute approximate surface area is 106 Å². The van der Waals surface area contributed by atoms with E-state index in [1.54, 1.807) is 0 Å². The largest absolute Gasteiger partial charge is 0.341 e. The third kappa shape index (κ3) is 4.66. The van der Waals surface area contributed by atoms with Crippen molar-refractivity contribution in [2.75, 3.05) is 13.1 Å². The second-order valence-electron chi connectivity index (χ2n) is 7.01. The fourth-order valence-corrected chi connectivity index (χ4v) is 2.74. The number of hydrogen-bond donors (Lipinski definition) is 1. The maximum atomic E-state index is 12.1. The third-order valence-corrected chi connectivity index (χ3v) is 3.51. The van der Waals surface area contributed by atoms with Crippen LogP contribution in [-0.2, 0) is 4.79 Å². The number of amides is 1. The standard InChI is InChI=1S/C14H28N2O/c1-10(7-14(3,4)5)6-13(17)16-8-11(2)12(15)9-16/h10-12H,6-9,15H2,1-5H3. The van der Waals surface area contributed by atoms with Gasteiger partial charge >= 0.3 is 0 Å². The quantitative estimate of drug-likeness (QED) is 0.822. The highest BCUT2D eigenvalue weighted by atomic mass is 16.2. The van der Waals surface area contributed by atoms with Gasteiger partial charge in [0.15, 0.2) is 0 Å². The van der Waals surface area contributed by atoms with Crippen LogP contribution in [0.3, 0.4) is 0 Å². The minimum Gasteiger partial charge on any atom is -0.341 e. The molecule has 1 fully saturated rings. The topological polar surface area (TPSA) is 46.3 Å². The van der Waals surface area contributed by atoms with Crippen molar-refractivity contribution in [2.24, 2.45) is 23.0 Å². The van der Waals surface area contributed by atoms with Crippen molar-refractivity contribution < 1.29 is 4.79 Å². The van der Waals surface area contributed by atoms with E-state index in [2.05, 4.69) is 34.6 Å². The van der Waals surface area contributed by atoms with Crippen molar-refractivity contribution in [3.8, 4) is 0 Å². The highest BCUT2D eigenvalue weighted by molar-refractivity contribution is 5.76. The number of carbonyl (C=O) groups is 1. The first-order valence-corrected chi connectivity index (χ1v) is 6.72. The van der Waals surface area contributed by atoms with Gasteiger partial charge in [0.2, 0.25) is 5.91 Å². The van der Waals surface area contributed by atoms with E-state index in [1.165, 1.54) is 0 Å². The molecule has 3 atom stereocenters. The Morgan fingerprint density at radius 3 is 2.41 bits per heavy atom. The molecule has 1 aliphatic rings. The molecule has 100 valence electrons. The van der Waals surface area contributed by atoms with Gasteiger partial charge in [-0.3, -0.25) is 4.79 Å². The van der Waals surface area contributed by atoms with Gasteiger partial charge in [0.05, 0.1) is 0 Å². The third-order valence-electron chi connectivity index (χ3n) is 3.51. The molecular formula is C14H28N2O. The van der Waals surface area contributed by atoms with E-state index in [0.29, 0.717) is 23.7 Å². The maximum absolute atomic E-state index is 12.1. The molecule has 1 rings (SSSR count). The van der Waals surface area contributed by atoms with Crippen molar-refractivity contribution in [3.05, 3.63) is 0 Å². The molecule has 2 N–H and O–H groups in total. The molecule has 0 aromatic carbocycles. The first kappa shape index (κ1) is 14.5. The summed E-state index contributed by atoms with van der Waals surface area (Å²) in [4.78, 5) is 14.0. The lowest BCUT2D eigenvalue weighted by molar-refractivity contribution is -0.131.